The Labute approximate surface area is 638 Å². The molecule has 0 aliphatic heterocycles. The number of rotatable bonds is 13. The second-order valence-electron chi connectivity index (χ2n) is 29.2. The number of para-hydroxylation sites is 4. The molecule has 0 aliphatic carbocycles. The highest BCUT2D eigenvalue weighted by Gasteiger charge is 2.42. The Balaban J connectivity index is 0.584. The molecule has 7 heteroatoms. The van der Waals surface area contributed by atoms with Gasteiger partial charge in [-0.15, -0.1) is 11.3 Å². The van der Waals surface area contributed by atoms with E-state index < -0.39 is 8.07 Å². The van der Waals surface area contributed by atoms with E-state index in [1.54, 1.807) is 0 Å². The second kappa shape index (κ2) is 25.2. The number of fused-ring (bicyclic) bond motifs is 18. The molecule has 110 heavy (non-hydrogen) atoms. The van der Waals surface area contributed by atoms with Crippen LogP contribution in [0.5, 0.6) is 0 Å². The van der Waals surface area contributed by atoms with E-state index in [1.165, 1.54) is 101 Å². The van der Waals surface area contributed by atoms with Crippen molar-refractivity contribution in [2.24, 2.45) is 0 Å². The van der Waals surface area contributed by atoms with Gasteiger partial charge in [0.25, 0.3) is 0 Å². The molecule has 16 aromatic carbocycles. The largest absolute Gasteiger partial charge is 0.456 e. The minimum Gasteiger partial charge on any atom is -0.456 e. The van der Waals surface area contributed by atoms with Gasteiger partial charge in [0.2, 0.25) is 0 Å². The van der Waals surface area contributed by atoms with Crippen LogP contribution in [0.4, 0.5) is 0 Å². The second-order valence-corrected chi connectivity index (χ2v) is 34.0. The van der Waals surface area contributed by atoms with Crippen LogP contribution in [-0.4, -0.2) is 21.8 Å². The Bertz CT molecular complexity index is 7550. The van der Waals surface area contributed by atoms with Gasteiger partial charge in [-0.25, -0.2) is 0 Å². The third-order valence-corrected chi connectivity index (χ3v) is 29.1. The molecule has 5 nitrogen and oxygen atoms in total. The van der Waals surface area contributed by atoms with Crippen molar-refractivity contribution in [2.45, 2.75) is 6.92 Å². The molecule has 0 radical (unpaired) electrons. The fourth-order valence-corrected chi connectivity index (χ4v) is 24.0. The van der Waals surface area contributed by atoms with Crippen LogP contribution in [0.25, 0.3) is 180 Å². The van der Waals surface area contributed by atoms with E-state index in [0.29, 0.717) is 0 Å². The molecule has 0 atom stereocenters. The number of furan rings is 2. The summed E-state index contributed by atoms with van der Waals surface area (Å²) in [4.78, 5) is 0. The van der Waals surface area contributed by atoms with E-state index in [2.05, 4.69) is 403 Å². The zero-order valence-electron chi connectivity index (χ0n) is 60.1. The van der Waals surface area contributed by atoms with E-state index in [9.17, 15) is 0 Å². The van der Waals surface area contributed by atoms with Gasteiger partial charge in [-0.05, 0) is 200 Å². The third-order valence-electron chi connectivity index (χ3n) is 23.1. The molecule has 22 rings (SSSR count). The lowest BCUT2D eigenvalue weighted by Crippen LogP contribution is -2.74. The van der Waals surface area contributed by atoms with Gasteiger partial charge < -0.3 is 22.5 Å². The number of hydrogen-bond donors (Lipinski definition) is 0. The van der Waals surface area contributed by atoms with Crippen LogP contribution < -0.4 is 20.7 Å². The Morgan fingerprint density at radius 2 is 0.727 bits per heavy atom. The Morgan fingerprint density at radius 1 is 0.309 bits per heavy atom. The normalized spacial score (nSPS) is 12.5. The van der Waals surface area contributed by atoms with Crippen LogP contribution in [0.3, 0.4) is 0 Å². The third kappa shape index (κ3) is 9.91. The van der Waals surface area contributed by atoms with Gasteiger partial charge in [0.1, 0.15) is 22.3 Å². The lowest BCUT2D eigenvalue weighted by atomic mass is 10.0. The monoisotopic (exact) mass is 1440 g/mol. The fraction of sp³-hybridized carbons (Fsp3) is 0.00971. The molecular formula is C103H67N3O2SSi. The Kier molecular flexibility index (Phi) is 14.5. The topological polar surface area (TPSA) is 41.1 Å². The van der Waals surface area contributed by atoms with Crippen molar-refractivity contribution >= 4 is 181 Å². The number of aromatic nitrogens is 3. The molecule has 0 spiro atoms. The summed E-state index contributed by atoms with van der Waals surface area (Å²) in [6.07, 6.45) is 6.38. The van der Waals surface area contributed by atoms with E-state index in [4.69, 9.17) is 8.83 Å². The maximum atomic E-state index is 6.58. The first-order chi connectivity index (χ1) is 54.3. The van der Waals surface area contributed by atoms with Crippen molar-refractivity contribution in [3.05, 3.63) is 394 Å². The molecule has 22 aromatic rings. The van der Waals surface area contributed by atoms with Gasteiger partial charge in [0.05, 0.1) is 33.1 Å². The van der Waals surface area contributed by atoms with E-state index >= 15 is 0 Å². The average molecular weight is 1440 g/mol. The number of nitrogens with zero attached hydrogens (tertiary/aromatic N) is 3. The summed E-state index contributed by atoms with van der Waals surface area (Å²) in [6.45, 7) is 6.75. The number of allylic oxidation sites excluding steroid dienone is 5. The smallest absolute Gasteiger partial charge is 0.179 e. The number of thiophene rings is 1. The van der Waals surface area contributed by atoms with Crippen molar-refractivity contribution in [3.63, 3.8) is 0 Å². The quantitative estimate of drug-likeness (QED) is 0.0656. The summed E-state index contributed by atoms with van der Waals surface area (Å²) >= 11 is 1.89. The molecule has 0 amide bonds. The molecule has 0 saturated heterocycles. The lowest BCUT2D eigenvalue weighted by molar-refractivity contribution is 0.668. The van der Waals surface area contributed by atoms with Crippen LogP contribution in [0.1, 0.15) is 18.1 Å². The summed E-state index contributed by atoms with van der Waals surface area (Å²) < 4.78 is 22.9. The molecular weight excluding hydrogens is 1370 g/mol. The van der Waals surface area contributed by atoms with Crippen LogP contribution in [0, 0.1) is 0 Å². The highest BCUT2D eigenvalue weighted by Crippen LogP contribution is 2.44. The predicted octanol–water partition coefficient (Wildman–Crippen LogP) is 25.5. The molecule has 0 N–H and O–H groups in total. The summed E-state index contributed by atoms with van der Waals surface area (Å²) in [6, 6.07) is 132. The molecule has 6 heterocycles. The zero-order chi connectivity index (χ0) is 72.7. The van der Waals surface area contributed by atoms with Crippen LogP contribution >= 0.6 is 11.3 Å². The summed E-state index contributed by atoms with van der Waals surface area (Å²) in [7, 11) is -3.04. The zero-order valence-corrected chi connectivity index (χ0v) is 61.9. The number of benzene rings is 16. The van der Waals surface area contributed by atoms with Gasteiger partial charge in [-0.1, -0.05) is 255 Å². The van der Waals surface area contributed by atoms with E-state index in [0.717, 1.165) is 111 Å². The molecule has 516 valence electrons. The highest BCUT2D eigenvalue weighted by molar-refractivity contribution is 7.26. The van der Waals surface area contributed by atoms with Crippen LogP contribution in [0.15, 0.2) is 392 Å². The van der Waals surface area contributed by atoms with Crippen molar-refractivity contribution in [2.75, 3.05) is 0 Å². The van der Waals surface area contributed by atoms with Gasteiger partial charge in [-0.2, -0.15) is 0 Å². The van der Waals surface area contributed by atoms with Crippen LogP contribution in [-0.2, 0) is 0 Å². The Morgan fingerprint density at radius 3 is 1.29 bits per heavy atom. The average Bonchev–Trinajstić information content (AvgIpc) is 1.70. The first-order valence-electron chi connectivity index (χ1n) is 37.6. The van der Waals surface area contributed by atoms with Gasteiger partial charge in [-0.3, -0.25) is 0 Å². The highest BCUT2D eigenvalue weighted by atomic mass is 32.1. The first kappa shape index (κ1) is 63.5. The van der Waals surface area contributed by atoms with Crippen molar-refractivity contribution in [1.29, 1.82) is 0 Å². The summed E-state index contributed by atoms with van der Waals surface area (Å²) in [5, 5.41) is 19.5. The standard InChI is InChI=1S/C103H67N3O2SSi/c1-65(67-47-53-98-88(58-67)90-63-73(49-55-100(90)107-98)105-92-40-14-9-33-80(92)81-34-10-15-41-93(81)105)23-19-24-66(2)68-48-54-99-89(59-68)91-64-74(50-56-101(91)108-99)106-95-43-17-12-36-83(95)87-61-70(46-52-97(87)106)69-45-51-96-86(60-69)82-35-11-16-42-94(82)104(96)72-26-21-32-78(62-72)110(75-27-5-3-6-28-75,76-29-7-4-8-30-76)77-31-20-25-71(57-77)79-38-22-39-85-84-37-13-18-44-102(84)109-103(79)85/h3-64H,2H2,1H3/b24-19-,65-23+. The molecule has 0 saturated carbocycles. The van der Waals surface area contributed by atoms with Gasteiger partial charge in [0.15, 0.2) is 8.07 Å². The van der Waals surface area contributed by atoms with Gasteiger partial charge in [0, 0.05) is 91.1 Å². The fourth-order valence-electron chi connectivity index (χ4n) is 18.0. The lowest BCUT2D eigenvalue weighted by Gasteiger charge is -2.35. The molecule has 0 fully saturated rings. The molecule has 0 bridgehead atoms. The van der Waals surface area contributed by atoms with E-state index in [-0.39, 0.29) is 0 Å². The molecule has 0 unspecified atom stereocenters. The predicted molar refractivity (Wildman–Crippen MR) is 470 cm³/mol. The van der Waals surface area contributed by atoms with Crippen LogP contribution in [0.2, 0.25) is 0 Å². The molecule has 0 aliphatic rings. The van der Waals surface area contributed by atoms with Crippen molar-refractivity contribution < 1.29 is 8.83 Å². The Hall–Kier alpha value is -13.8. The van der Waals surface area contributed by atoms with Gasteiger partial charge >= 0.3 is 0 Å². The number of hydrogen-bond acceptors (Lipinski definition) is 3. The minimum atomic E-state index is -3.04. The van der Waals surface area contributed by atoms with E-state index in [1.807, 2.05) is 11.3 Å². The molecule has 6 aromatic heterocycles. The van der Waals surface area contributed by atoms with Crippen molar-refractivity contribution in [3.8, 4) is 39.3 Å². The SMILES string of the molecule is C=C(/C=C\C=C(/C)c1ccc2oc3ccc(-n4c5ccccc5c5ccccc54)cc3c2c1)c1ccc2oc3ccc(-n4c5ccccc5c5cc(-c6ccc7c(c6)c6ccccc6n7-c6cccc([Si](c7ccccc7)(c7ccccc7)c7cccc(-c8cccc9c8sc8ccccc89)c7)c6)ccc54)cc3c2c1. The minimum absolute atomic E-state index is 0.836. The van der Waals surface area contributed by atoms with Crippen molar-refractivity contribution in [1.82, 2.24) is 13.7 Å². The summed E-state index contributed by atoms with van der Waals surface area (Å²) in [5.74, 6) is 0. The maximum absolute atomic E-state index is 6.58. The first-order valence-corrected chi connectivity index (χ1v) is 40.4. The maximum Gasteiger partial charge on any atom is 0.179 e. The summed E-state index contributed by atoms with van der Waals surface area (Å²) in [5.41, 5.74) is 22.7.